The van der Waals surface area contributed by atoms with Gasteiger partial charge in [0.15, 0.2) is 0 Å². The predicted octanol–water partition coefficient (Wildman–Crippen LogP) is 1.52. The van der Waals surface area contributed by atoms with Crippen LogP contribution < -0.4 is 4.74 Å². The SMILES string of the molecule is Cc1cc(OC2CN(C(=O)c3cccc(-n4cccn4)c3)C2)n2ncnc2n1. The highest BCUT2D eigenvalue weighted by molar-refractivity contribution is 5.95. The van der Waals surface area contributed by atoms with Gasteiger partial charge in [-0.1, -0.05) is 6.07 Å². The van der Waals surface area contributed by atoms with Crippen LogP contribution in [0.5, 0.6) is 5.88 Å². The van der Waals surface area contributed by atoms with Crippen LogP contribution in [0.2, 0.25) is 0 Å². The minimum atomic E-state index is -0.0903. The molecule has 4 heterocycles. The van der Waals surface area contributed by atoms with E-state index in [1.165, 1.54) is 6.33 Å². The van der Waals surface area contributed by atoms with Gasteiger partial charge in [0.25, 0.3) is 11.7 Å². The van der Waals surface area contributed by atoms with Crippen LogP contribution in [0.4, 0.5) is 0 Å². The molecule has 9 heteroatoms. The van der Waals surface area contributed by atoms with Crippen molar-refractivity contribution in [3.63, 3.8) is 0 Å². The first-order valence-corrected chi connectivity index (χ1v) is 8.91. The van der Waals surface area contributed by atoms with Gasteiger partial charge >= 0.3 is 0 Å². The molecule has 1 fully saturated rings. The molecule has 0 saturated carbocycles. The number of carbonyl (C=O) groups is 1. The third-order valence-corrected chi connectivity index (χ3v) is 4.63. The van der Waals surface area contributed by atoms with Crippen LogP contribution in [0, 0.1) is 6.92 Å². The van der Waals surface area contributed by atoms with E-state index in [0.717, 1.165) is 11.4 Å². The zero-order valence-electron chi connectivity index (χ0n) is 15.1. The Kier molecular flexibility index (Phi) is 3.78. The average molecular weight is 375 g/mol. The number of nitrogens with zero attached hydrogens (tertiary/aromatic N) is 7. The molecule has 0 spiro atoms. The molecule has 0 radical (unpaired) electrons. The van der Waals surface area contributed by atoms with E-state index in [0.29, 0.717) is 30.3 Å². The molecule has 28 heavy (non-hydrogen) atoms. The Morgan fingerprint density at radius 3 is 2.89 bits per heavy atom. The fraction of sp³-hybridized carbons (Fsp3) is 0.211. The predicted molar refractivity (Wildman–Crippen MR) is 99.4 cm³/mol. The molecule has 5 rings (SSSR count). The summed E-state index contributed by atoms with van der Waals surface area (Å²) in [5.74, 6) is 1.06. The van der Waals surface area contributed by atoms with Gasteiger partial charge in [-0.3, -0.25) is 4.79 Å². The van der Waals surface area contributed by atoms with Gasteiger partial charge in [0.05, 0.1) is 18.8 Å². The fourth-order valence-electron chi connectivity index (χ4n) is 3.22. The Morgan fingerprint density at radius 1 is 1.18 bits per heavy atom. The lowest BCUT2D eigenvalue weighted by molar-refractivity contribution is 0.0150. The summed E-state index contributed by atoms with van der Waals surface area (Å²) in [6.07, 6.45) is 4.90. The van der Waals surface area contributed by atoms with Gasteiger partial charge in [0.2, 0.25) is 5.88 Å². The van der Waals surface area contributed by atoms with Gasteiger partial charge in [-0.25, -0.2) is 9.67 Å². The maximum atomic E-state index is 12.8. The highest BCUT2D eigenvalue weighted by Gasteiger charge is 2.33. The van der Waals surface area contributed by atoms with Crippen LogP contribution >= 0.6 is 0 Å². The van der Waals surface area contributed by atoms with Gasteiger partial charge in [0, 0.05) is 29.7 Å². The first-order valence-electron chi connectivity index (χ1n) is 8.91. The Bertz CT molecular complexity index is 1150. The van der Waals surface area contributed by atoms with E-state index in [9.17, 15) is 4.79 Å². The van der Waals surface area contributed by atoms with Crippen molar-refractivity contribution in [2.24, 2.45) is 0 Å². The quantitative estimate of drug-likeness (QED) is 0.537. The lowest BCUT2D eigenvalue weighted by Gasteiger charge is -2.38. The van der Waals surface area contributed by atoms with E-state index in [-0.39, 0.29) is 12.0 Å². The first-order chi connectivity index (χ1) is 13.7. The average Bonchev–Trinajstić information content (AvgIpc) is 3.35. The second-order valence-electron chi connectivity index (χ2n) is 6.66. The van der Waals surface area contributed by atoms with Crippen molar-refractivity contribution in [2.45, 2.75) is 13.0 Å². The van der Waals surface area contributed by atoms with Crippen molar-refractivity contribution >= 4 is 11.7 Å². The van der Waals surface area contributed by atoms with E-state index < -0.39 is 0 Å². The van der Waals surface area contributed by atoms with Crippen LogP contribution in [0.1, 0.15) is 16.1 Å². The first kappa shape index (κ1) is 16.4. The maximum absolute atomic E-state index is 12.8. The molecular formula is C19H17N7O2. The molecule has 1 aromatic carbocycles. The maximum Gasteiger partial charge on any atom is 0.255 e. The molecule has 0 unspecified atom stereocenters. The second-order valence-corrected chi connectivity index (χ2v) is 6.66. The lowest BCUT2D eigenvalue weighted by Crippen LogP contribution is -2.56. The molecular weight excluding hydrogens is 358 g/mol. The van der Waals surface area contributed by atoms with Crippen LogP contribution in [-0.4, -0.2) is 59.4 Å². The summed E-state index contributed by atoms with van der Waals surface area (Å²) in [4.78, 5) is 22.9. The van der Waals surface area contributed by atoms with Gasteiger partial charge in [-0.2, -0.15) is 19.7 Å². The number of amides is 1. The van der Waals surface area contributed by atoms with Crippen molar-refractivity contribution in [3.8, 4) is 11.6 Å². The smallest absolute Gasteiger partial charge is 0.255 e. The molecule has 0 atom stereocenters. The Morgan fingerprint density at radius 2 is 2.07 bits per heavy atom. The van der Waals surface area contributed by atoms with Crippen LogP contribution in [0.15, 0.2) is 55.1 Å². The van der Waals surface area contributed by atoms with Crippen LogP contribution in [-0.2, 0) is 0 Å². The molecule has 9 nitrogen and oxygen atoms in total. The van der Waals surface area contributed by atoms with E-state index in [2.05, 4.69) is 20.2 Å². The molecule has 140 valence electrons. The molecule has 1 aliphatic heterocycles. The molecule has 3 aromatic heterocycles. The monoisotopic (exact) mass is 375 g/mol. The molecule has 0 bridgehead atoms. The summed E-state index contributed by atoms with van der Waals surface area (Å²) in [7, 11) is 0. The van der Waals surface area contributed by atoms with Crippen molar-refractivity contribution in [2.75, 3.05) is 13.1 Å². The second kappa shape index (κ2) is 6.45. The summed E-state index contributed by atoms with van der Waals surface area (Å²) < 4.78 is 9.30. The van der Waals surface area contributed by atoms with Crippen molar-refractivity contribution < 1.29 is 9.53 Å². The van der Waals surface area contributed by atoms with Gasteiger partial charge in [-0.05, 0) is 31.2 Å². The molecule has 0 N–H and O–H groups in total. The van der Waals surface area contributed by atoms with E-state index in [4.69, 9.17) is 4.74 Å². The molecule has 1 amide bonds. The van der Waals surface area contributed by atoms with Crippen molar-refractivity contribution in [1.29, 1.82) is 0 Å². The van der Waals surface area contributed by atoms with Crippen LogP contribution in [0.3, 0.4) is 0 Å². The van der Waals surface area contributed by atoms with Crippen LogP contribution in [0.25, 0.3) is 11.5 Å². The highest BCUT2D eigenvalue weighted by Crippen LogP contribution is 2.21. The number of hydrogen-bond acceptors (Lipinski definition) is 6. The number of fused-ring (bicyclic) bond motifs is 1. The summed E-state index contributed by atoms with van der Waals surface area (Å²) >= 11 is 0. The minimum absolute atomic E-state index is 0.0225. The van der Waals surface area contributed by atoms with E-state index in [1.54, 1.807) is 20.3 Å². The topological polar surface area (TPSA) is 90.4 Å². The summed E-state index contributed by atoms with van der Waals surface area (Å²) in [5.41, 5.74) is 2.29. The largest absolute Gasteiger partial charge is 0.470 e. The minimum Gasteiger partial charge on any atom is -0.470 e. The number of aromatic nitrogens is 6. The van der Waals surface area contributed by atoms with Gasteiger partial charge < -0.3 is 9.64 Å². The zero-order valence-corrected chi connectivity index (χ0v) is 15.1. The molecule has 4 aromatic rings. The number of rotatable bonds is 4. The third-order valence-electron chi connectivity index (χ3n) is 4.63. The Balaban J connectivity index is 1.27. The van der Waals surface area contributed by atoms with Gasteiger partial charge in [0.1, 0.15) is 12.4 Å². The Hall–Kier alpha value is -3.75. The molecule has 1 saturated heterocycles. The van der Waals surface area contributed by atoms with E-state index in [1.807, 2.05) is 49.5 Å². The summed E-state index contributed by atoms with van der Waals surface area (Å²) in [5, 5.41) is 8.34. The number of likely N-dealkylation sites (tertiary alicyclic amines) is 1. The molecule has 1 aliphatic rings. The number of aryl methyl sites for hydroxylation is 1. The van der Waals surface area contributed by atoms with Gasteiger partial charge in [-0.15, -0.1) is 0 Å². The zero-order chi connectivity index (χ0) is 19.1. The lowest BCUT2D eigenvalue weighted by atomic mass is 10.1. The standard InChI is InChI=1S/C19H17N7O2/c1-13-8-17(26-19(23-13)20-12-22-26)28-16-10-24(11-16)18(27)14-4-2-5-15(9-14)25-7-3-6-21-25/h2-9,12,16H,10-11H2,1H3. The number of carbonyl (C=O) groups excluding carboxylic acids is 1. The third kappa shape index (κ3) is 2.86. The van der Waals surface area contributed by atoms with Crippen molar-refractivity contribution in [3.05, 3.63) is 66.4 Å². The Labute approximate surface area is 160 Å². The molecule has 0 aliphatic carbocycles. The normalized spacial score (nSPS) is 14.2. The van der Waals surface area contributed by atoms with Crippen molar-refractivity contribution in [1.82, 2.24) is 34.3 Å². The van der Waals surface area contributed by atoms with E-state index >= 15 is 0 Å². The number of benzene rings is 1. The summed E-state index contributed by atoms with van der Waals surface area (Å²) in [6, 6.07) is 11.1. The highest BCUT2D eigenvalue weighted by atomic mass is 16.5. The summed E-state index contributed by atoms with van der Waals surface area (Å²) in [6.45, 7) is 2.91. The fourth-order valence-corrected chi connectivity index (χ4v) is 3.22. The number of hydrogen-bond donors (Lipinski definition) is 0. The number of ether oxygens (including phenoxy) is 1.